The van der Waals surface area contributed by atoms with E-state index in [4.69, 9.17) is 5.11 Å². The molecule has 0 fully saturated rings. The van der Waals surface area contributed by atoms with E-state index in [-0.39, 0.29) is 6.61 Å². The number of hydrogen-bond acceptors (Lipinski definition) is 6. The molecule has 1 heterocycles. The number of carboxylic acids is 1. The zero-order chi connectivity index (χ0) is 14.5. The lowest BCUT2D eigenvalue weighted by Crippen LogP contribution is -2.44. The molecule has 1 aromatic heterocycles. The Bertz CT molecular complexity index is 539. The number of ether oxygens (including phenoxy) is 1. The Morgan fingerprint density at radius 1 is 1.53 bits per heavy atom. The van der Waals surface area contributed by atoms with E-state index < -0.39 is 28.3 Å². The minimum atomic E-state index is -4.32. The van der Waals surface area contributed by atoms with Gasteiger partial charge in [-0.2, -0.15) is 13.1 Å². The number of thiophene rings is 1. The second kappa shape index (κ2) is 6.50. The van der Waals surface area contributed by atoms with Crippen molar-refractivity contribution in [1.29, 1.82) is 0 Å². The molecule has 1 rings (SSSR count). The van der Waals surface area contributed by atoms with Gasteiger partial charge in [0.25, 0.3) is 0 Å². The molecule has 0 aromatic carbocycles. The summed E-state index contributed by atoms with van der Waals surface area (Å²) in [6, 6.07) is 1.59. The van der Waals surface area contributed by atoms with Crippen LogP contribution in [0, 0.1) is 0 Å². The van der Waals surface area contributed by atoms with Crippen LogP contribution < -0.4 is 9.44 Å². The van der Waals surface area contributed by atoms with Crippen LogP contribution in [0.5, 0.6) is 0 Å². The van der Waals surface area contributed by atoms with E-state index >= 15 is 0 Å². The van der Waals surface area contributed by atoms with Gasteiger partial charge < -0.3 is 9.84 Å². The van der Waals surface area contributed by atoms with Gasteiger partial charge in [-0.25, -0.2) is 9.52 Å². The highest BCUT2D eigenvalue weighted by Crippen LogP contribution is 2.19. The fourth-order valence-electron chi connectivity index (χ4n) is 1.14. The van der Waals surface area contributed by atoms with Crippen LogP contribution in [0.4, 0.5) is 4.79 Å². The van der Waals surface area contributed by atoms with Crippen molar-refractivity contribution in [3.63, 3.8) is 0 Å². The monoisotopic (exact) mass is 308 g/mol. The van der Waals surface area contributed by atoms with Crippen molar-refractivity contribution in [3.05, 3.63) is 22.4 Å². The van der Waals surface area contributed by atoms with Crippen LogP contribution in [0.2, 0.25) is 0 Å². The van der Waals surface area contributed by atoms with E-state index in [1.54, 1.807) is 16.2 Å². The summed E-state index contributed by atoms with van der Waals surface area (Å²) in [6.45, 7) is 1.50. The predicted octanol–water partition coefficient (Wildman–Crippen LogP) is 0.454. The third kappa shape index (κ3) is 4.85. The Balaban J connectivity index is 2.79. The average molecular weight is 308 g/mol. The molecule has 1 unspecified atom stereocenters. The van der Waals surface area contributed by atoms with E-state index in [2.05, 4.69) is 4.74 Å². The van der Waals surface area contributed by atoms with Crippen molar-refractivity contribution in [3.8, 4) is 0 Å². The molecule has 1 aromatic rings. The Morgan fingerprint density at radius 3 is 2.68 bits per heavy atom. The fourth-order valence-corrected chi connectivity index (χ4v) is 2.86. The van der Waals surface area contributed by atoms with E-state index in [1.807, 2.05) is 4.72 Å². The summed E-state index contributed by atoms with van der Waals surface area (Å²) in [5.41, 5.74) is 0. The van der Waals surface area contributed by atoms with Crippen molar-refractivity contribution < 1.29 is 27.9 Å². The molecule has 0 aliphatic rings. The number of rotatable bonds is 6. The summed E-state index contributed by atoms with van der Waals surface area (Å²) in [5.74, 6) is -1.38. The smallest absolute Gasteiger partial charge is 0.421 e. The SMILES string of the molecule is CCOC(=O)NS(=O)(=O)NC(C(=O)O)c1cccs1. The lowest BCUT2D eigenvalue weighted by Gasteiger charge is -2.13. The summed E-state index contributed by atoms with van der Waals surface area (Å²) in [6.07, 6.45) is -1.18. The van der Waals surface area contributed by atoms with Crippen molar-refractivity contribution >= 4 is 33.6 Å². The highest BCUT2D eigenvalue weighted by atomic mass is 32.2. The molecule has 0 spiro atoms. The van der Waals surface area contributed by atoms with Gasteiger partial charge in [-0.15, -0.1) is 11.3 Å². The first kappa shape index (κ1) is 15.4. The molecule has 0 radical (unpaired) electrons. The lowest BCUT2D eigenvalue weighted by atomic mass is 10.3. The maximum Gasteiger partial charge on any atom is 0.421 e. The highest BCUT2D eigenvalue weighted by Gasteiger charge is 2.27. The lowest BCUT2D eigenvalue weighted by molar-refractivity contribution is -0.139. The van der Waals surface area contributed by atoms with E-state index in [1.165, 1.54) is 13.0 Å². The molecule has 10 heteroatoms. The molecule has 106 valence electrons. The van der Waals surface area contributed by atoms with Gasteiger partial charge in [-0.3, -0.25) is 4.79 Å². The van der Waals surface area contributed by atoms with Crippen LogP contribution in [-0.4, -0.2) is 32.2 Å². The number of aliphatic carboxylic acids is 1. The van der Waals surface area contributed by atoms with Gasteiger partial charge in [-0.05, 0) is 18.4 Å². The van der Waals surface area contributed by atoms with Crippen molar-refractivity contribution in [2.75, 3.05) is 6.61 Å². The van der Waals surface area contributed by atoms with Crippen LogP contribution >= 0.6 is 11.3 Å². The summed E-state index contributed by atoms with van der Waals surface area (Å²) in [4.78, 5) is 22.3. The number of carboxylic acid groups (broad SMARTS) is 1. The highest BCUT2D eigenvalue weighted by molar-refractivity contribution is 7.88. The topological polar surface area (TPSA) is 122 Å². The molecule has 1 atom stereocenters. The van der Waals surface area contributed by atoms with Gasteiger partial charge in [0.15, 0.2) is 6.04 Å². The molecule has 3 N–H and O–H groups in total. The second-order valence-electron chi connectivity index (χ2n) is 3.23. The van der Waals surface area contributed by atoms with Crippen LogP contribution in [0.1, 0.15) is 17.8 Å². The number of carbonyl (C=O) groups excluding carboxylic acids is 1. The number of amides is 1. The van der Waals surface area contributed by atoms with Crippen LogP contribution in [0.25, 0.3) is 0 Å². The van der Waals surface area contributed by atoms with Gasteiger partial charge in [0.1, 0.15) is 0 Å². The Labute approximate surface area is 113 Å². The molecule has 0 bridgehead atoms. The predicted molar refractivity (Wildman–Crippen MR) is 66.9 cm³/mol. The zero-order valence-corrected chi connectivity index (χ0v) is 11.5. The first-order chi connectivity index (χ1) is 8.85. The Hall–Kier alpha value is -1.65. The van der Waals surface area contributed by atoms with E-state index in [0.717, 1.165) is 11.3 Å². The molecule has 19 heavy (non-hydrogen) atoms. The number of nitrogens with one attached hydrogen (secondary N) is 2. The first-order valence-electron chi connectivity index (χ1n) is 5.08. The van der Waals surface area contributed by atoms with Crippen LogP contribution in [0.15, 0.2) is 17.5 Å². The maximum atomic E-state index is 11.5. The number of hydrogen-bond donors (Lipinski definition) is 3. The number of carbonyl (C=O) groups is 2. The van der Waals surface area contributed by atoms with Gasteiger partial charge in [-0.1, -0.05) is 6.07 Å². The molecule has 0 saturated carbocycles. The molecule has 8 nitrogen and oxygen atoms in total. The summed E-state index contributed by atoms with van der Waals surface area (Å²) in [5, 5.41) is 10.6. The first-order valence-corrected chi connectivity index (χ1v) is 7.45. The molecule has 0 aliphatic carbocycles. The Morgan fingerprint density at radius 2 is 2.21 bits per heavy atom. The third-order valence-electron chi connectivity index (χ3n) is 1.84. The molecule has 0 aliphatic heterocycles. The average Bonchev–Trinajstić information content (AvgIpc) is 2.78. The normalized spacial score (nSPS) is 12.7. The van der Waals surface area contributed by atoms with Crippen molar-refractivity contribution in [1.82, 2.24) is 9.44 Å². The van der Waals surface area contributed by atoms with Crippen molar-refractivity contribution in [2.24, 2.45) is 0 Å². The zero-order valence-electron chi connectivity index (χ0n) is 9.82. The standard InChI is InChI=1S/C9H12N2O6S2/c1-2-17-9(14)11-19(15,16)10-7(8(12)13)6-4-3-5-18-6/h3-5,7,10H,2H2,1H3,(H,11,14)(H,12,13). The summed E-state index contributed by atoms with van der Waals surface area (Å²) >= 11 is 1.08. The minimum absolute atomic E-state index is 0.00532. The maximum absolute atomic E-state index is 11.5. The van der Waals surface area contributed by atoms with E-state index in [9.17, 15) is 18.0 Å². The van der Waals surface area contributed by atoms with Crippen molar-refractivity contribution in [2.45, 2.75) is 13.0 Å². The second-order valence-corrected chi connectivity index (χ2v) is 5.66. The van der Waals surface area contributed by atoms with Crippen LogP contribution in [0.3, 0.4) is 0 Å². The van der Waals surface area contributed by atoms with Gasteiger partial charge in [0, 0.05) is 4.88 Å². The van der Waals surface area contributed by atoms with Gasteiger partial charge >= 0.3 is 22.3 Å². The van der Waals surface area contributed by atoms with Crippen LogP contribution in [-0.2, 0) is 19.7 Å². The molecular weight excluding hydrogens is 296 g/mol. The molecule has 1 amide bonds. The van der Waals surface area contributed by atoms with Gasteiger partial charge in [0.2, 0.25) is 0 Å². The minimum Gasteiger partial charge on any atom is -0.480 e. The third-order valence-corrected chi connectivity index (χ3v) is 3.76. The quantitative estimate of drug-likeness (QED) is 0.701. The largest absolute Gasteiger partial charge is 0.480 e. The molecule has 0 saturated heterocycles. The Kier molecular flexibility index (Phi) is 5.27. The fraction of sp³-hybridized carbons (Fsp3) is 0.333. The summed E-state index contributed by atoms with van der Waals surface area (Å²) in [7, 11) is -4.32. The molecular formula is C9H12N2O6S2. The summed E-state index contributed by atoms with van der Waals surface area (Å²) < 4.78 is 30.9. The van der Waals surface area contributed by atoms with E-state index in [0.29, 0.717) is 4.88 Å². The van der Waals surface area contributed by atoms with Gasteiger partial charge in [0.05, 0.1) is 6.61 Å².